The summed E-state index contributed by atoms with van der Waals surface area (Å²) in [4.78, 5) is 11.4. The summed E-state index contributed by atoms with van der Waals surface area (Å²) in [5, 5.41) is 10.1. The second kappa shape index (κ2) is 7.85. The van der Waals surface area contributed by atoms with Crippen molar-refractivity contribution in [1.82, 2.24) is 29.2 Å². The Kier molecular flexibility index (Phi) is 4.88. The summed E-state index contributed by atoms with van der Waals surface area (Å²) >= 11 is 0. The highest BCUT2D eigenvalue weighted by molar-refractivity contribution is 5.95. The lowest BCUT2D eigenvalue weighted by Crippen LogP contribution is -2.18. The zero-order chi connectivity index (χ0) is 21.4. The van der Waals surface area contributed by atoms with Gasteiger partial charge in [-0.25, -0.2) is 9.97 Å². The number of para-hydroxylation sites is 1. The number of nitrogens with zero attached hydrogens (tertiary/aromatic N) is 6. The van der Waals surface area contributed by atoms with Crippen molar-refractivity contribution in [2.45, 2.75) is 6.54 Å². The van der Waals surface area contributed by atoms with E-state index in [1.807, 2.05) is 23.0 Å². The monoisotopic (exact) mass is 411 g/mol. The Labute approximate surface area is 181 Å². The number of benzene rings is 2. The van der Waals surface area contributed by atoms with Gasteiger partial charge in [-0.15, -0.1) is 0 Å². The Bertz CT molecular complexity index is 1360. The summed E-state index contributed by atoms with van der Waals surface area (Å²) in [5.41, 5.74) is 5.24. The molecule has 0 aliphatic heterocycles. The maximum absolute atomic E-state index is 4.77. The van der Waals surface area contributed by atoms with Crippen molar-refractivity contribution in [1.29, 1.82) is 0 Å². The quantitative estimate of drug-likeness (QED) is 0.452. The maximum atomic E-state index is 4.77. The maximum Gasteiger partial charge on any atom is 0.227 e. The van der Waals surface area contributed by atoms with Gasteiger partial charge >= 0.3 is 0 Å². The summed E-state index contributed by atoms with van der Waals surface area (Å²) in [6, 6.07) is 16.5. The van der Waals surface area contributed by atoms with Crippen LogP contribution < -0.4 is 5.32 Å². The minimum atomic E-state index is 0.574. The van der Waals surface area contributed by atoms with Crippen LogP contribution in [0.3, 0.4) is 0 Å². The van der Waals surface area contributed by atoms with E-state index >= 15 is 0 Å². The third-order valence-electron chi connectivity index (χ3n) is 5.49. The number of hydrogen-bond donors (Lipinski definition) is 1. The first-order valence-corrected chi connectivity index (χ1v) is 10.3. The van der Waals surface area contributed by atoms with Gasteiger partial charge in [-0.2, -0.15) is 5.10 Å². The second-order valence-corrected chi connectivity index (χ2v) is 8.01. The van der Waals surface area contributed by atoms with Gasteiger partial charge in [0.1, 0.15) is 0 Å². The van der Waals surface area contributed by atoms with E-state index in [2.05, 4.69) is 88.6 Å². The van der Waals surface area contributed by atoms with Crippen molar-refractivity contribution < 1.29 is 0 Å². The van der Waals surface area contributed by atoms with E-state index < -0.39 is 0 Å². The van der Waals surface area contributed by atoms with Crippen LogP contribution in [0.5, 0.6) is 0 Å². The fourth-order valence-corrected chi connectivity index (χ4v) is 3.88. The highest BCUT2D eigenvalue weighted by Gasteiger charge is 2.11. The van der Waals surface area contributed by atoms with E-state index in [0.29, 0.717) is 5.95 Å². The first-order chi connectivity index (χ1) is 15.1. The van der Waals surface area contributed by atoms with Crippen LogP contribution >= 0.6 is 0 Å². The first-order valence-electron chi connectivity index (χ1n) is 10.3. The van der Waals surface area contributed by atoms with Gasteiger partial charge < -0.3 is 14.8 Å². The summed E-state index contributed by atoms with van der Waals surface area (Å²) in [7, 11) is 6.19. The fraction of sp³-hybridized carbons (Fsp3) is 0.208. The van der Waals surface area contributed by atoms with E-state index in [0.717, 1.165) is 40.9 Å². The van der Waals surface area contributed by atoms with Crippen LogP contribution in [0, 0.1) is 0 Å². The number of anilines is 2. The average molecular weight is 412 g/mol. The molecule has 156 valence electrons. The summed E-state index contributed by atoms with van der Waals surface area (Å²) in [6.07, 6.45) is 5.82. The van der Waals surface area contributed by atoms with Crippen molar-refractivity contribution in [3.63, 3.8) is 0 Å². The van der Waals surface area contributed by atoms with Gasteiger partial charge in [0.2, 0.25) is 5.95 Å². The predicted molar refractivity (Wildman–Crippen MR) is 126 cm³/mol. The number of rotatable bonds is 6. The third kappa shape index (κ3) is 3.75. The van der Waals surface area contributed by atoms with Gasteiger partial charge in [-0.1, -0.05) is 18.2 Å². The Morgan fingerprint density at radius 3 is 2.77 bits per heavy atom. The molecule has 0 aliphatic carbocycles. The predicted octanol–water partition coefficient (Wildman–Crippen LogP) is 4.29. The fourth-order valence-electron chi connectivity index (χ4n) is 3.88. The standard InChI is InChI=1S/C24H25N7/c1-29(2)12-13-31-22-9-8-18(14-17(22)15-26-31)27-24-25-11-10-21(28-24)20-16-30(3)23-7-5-4-6-19(20)23/h4-11,14-16H,12-13H2,1-3H3,(H,25,27,28). The lowest BCUT2D eigenvalue weighted by atomic mass is 10.1. The number of aryl methyl sites for hydroxylation is 1. The van der Waals surface area contributed by atoms with Gasteiger partial charge in [-0.3, -0.25) is 4.68 Å². The molecule has 0 atom stereocenters. The van der Waals surface area contributed by atoms with E-state index in [-0.39, 0.29) is 0 Å². The molecule has 0 unspecified atom stereocenters. The zero-order valence-corrected chi connectivity index (χ0v) is 17.9. The molecular weight excluding hydrogens is 386 g/mol. The topological polar surface area (TPSA) is 63.8 Å². The number of likely N-dealkylation sites (N-methyl/N-ethyl adjacent to an activating group) is 1. The lowest BCUT2D eigenvalue weighted by molar-refractivity contribution is 0.377. The van der Waals surface area contributed by atoms with Crippen molar-refractivity contribution in [3.8, 4) is 11.3 Å². The summed E-state index contributed by atoms with van der Waals surface area (Å²) in [6.45, 7) is 1.81. The molecule has 0 bridgehead atoms. The molecule has 5 aromatic rings. The molecule has 2 aromatic carbocycles. The Morgan fingerprint density at radius 1 is 1.03 bits per heavy atom. The normalized spacial score (nSPS) is 11.6. The Hall–Kier alpha value is -3.71. The molecule has 31 heavy (non-hydrogen) atoms. The van der Waals surface area contributed by atoms with Gasteiger partial charge in [0.05, 0.1) is 24.0 Å². The largest absolute Gasteiger partial charge is 0.350 e. The highest BCUT2D eigenvalue weighted by Crippen LogP contribution is 2.29. The number of hydrogen-bond acceptors (Lipinski definition) is 5. The molecular formula is C24H25N7. The van der Waals surface area contributed by atoms with Crippen molar-refractivity contribution >= 4 is 33.4 Å². The van der Waals surface area contributed by atoms with Crippen molar-refractivity contribution in [2.75, 3.05) is 26.0 Å². The SMILES string of the molecule is CN(C)CCn1ncc2cc(Nc3nccc(-c4cn(C)c5ccccc45)n3)ccc21. The molecule has 7 heteroatoms. The average Bonchev–Trinajstić information content (AvgIpc) is 3.33. The number of fused-ring (bicyclic) bond motifs is 2. The Balaban J connectivity index is 1.42. The molecule has 0 amide bonds. The van der Waals surface area contributed by atoms with Crippen molar-refractivity contribution in [3.05, 3.63) is 67.1 Å². The lowest BCUT2D eigenvalue weighted by Gasteiger charge is -2.10. The molecule has 5 rings (SSSR count). The molecule has 0 radical (unpaired) electrons. The van der Waals surface area contributed by atoms with Crippen LogP contribution in [-0.2, 0) is 13.6 Å². The molecule has 0 saturated carbocycles. The van der Waals surface area contributed by atoms with E-state index in [1.165, 1.54) is 10.9 Å². The molecule has 3 heterocycles. The smallest absolute Gasteiger partial charge is 0.227 e. The first kappa shape index (κ1) is 19.3. The molecule has 1 N–H and O–H groups in total. The van der Waals surface area contributed by atoms with Gasteiger partial charge in [0.15, 0.2) is 0 Å². The number of aromatic nitrogens is 5. The van der Waals surface area contributed by atoms with Gasteiger partial charge in [-0.05, 0) is 44.4 Å². The van der Waals surface area contributed by atoms with Crippen LogP contribution in [0.1, 0.15) is 0 Å². The molecule has 0 fully saturated rings. The van der Waals surface area contributed by atoms with E-state index in [4.69, 9.17) is 4.98 Å². The molecule has 0 aliphatic rings. The van der Waals surface area contributed by atoms with Crippen LogP contribution in [0.15, 0.2) is 67.1 Å². The van der Waals surface area contributed by atoms with Crippen LogP contribution in [-0.4, -0.2) is 49.9 Å². The third-order valence-corrected chi connectivity index (χ3v) is 5.49. The summed E-state index contributed by atoms with van der Waals surface area (Å²) < 4.78 is 4.17. The minimum Gasteiger partial charge on any atom is -0.350 e. The minimum absolute atomic E-state index is 0.574. The molecule has 0 spiro atoms. The van der Waals surface area contributed by atoms with Crippen LogP contribution in [0.4, 0.5) is 11.6 Å². The zero-order valence-electron chi connectivity index (χ0n) is 17.9. The molecule has 0 saturated heterocycles. The van der Waals surface area contributed by atoms with Crippen LogP contribution in [0.25, 0.3) is 33.1 Å². The summed E-state index contributed by atoms with van der Waals surface area (Å²) in [5.74, 6) is 0.574. The highest BCUT2D eigenvalue weighted by atomic mass is 15.3. The number of nitrogens with one attached hydrogen (secondary N) is 1. The Morgan fingerprint density at radius 2 is 1.90 bits per heavy atom. The van der Waals surface area contributed by atoms with Gasteiger partial charge in [0, 0.05) is 53.5 Å². The molecule has 3 aromatic heterocycles. The second-order valence-electron chi connectivity index (χ2n) is 8.01. The van der Waals surface area contributed by atoms with Gasteiger partial charge in [0.25, 0.3) is 0 Å². The van der Waals surface area contributed by atoms with Crippen molar-refractivity contribution in [2.24, 2.45) is 7.05 Å². The van der Waals surface area contributed by atoms with E-state index in [9.17, 15) is 0 Å². The van der Waals surface area contributed by atoms with E-state index in [1.54, 1.807) is 6.20 Å². The molecule has 7 nitrogen and oxygen atoms in total. The van der Waals surface area contributed by atoms with Crippen LogP contribution in [0.2, 0.25) is 0 Å².